The van der Waals surface area contributed by atoms with Gasteiger partial charge in [0.15, 0.2) is 5.82 Å². The van der Waals surface area contributed by atoms with Crippen LogP contribution in [0.5, 0.6) is 0 Å². The molecule has 148 valence electrons. The number of aryl methyl sites for hydroxylation is 1. The van der Waals surface area contributed by atoms with Crippen molar-refractivity contribution in [3.63, 3.8) is 0 Å². The van der Waals surface area contributed by atoms with Crippen LogP contribution in [0.25, 0.3) is 0 Å². The lowest BCUT2D eigenvalue weighted by Gasteiger charge is -2.36. The van der Waals surface area contributed by atoms with Crippen LogP contribution in [0.4, 0.5) is 0 Å². The molecule has 3 heterocycles. The minimum Gasteiger partial charge on any atom is -0.339 e. The zero-order valence-electron chi connectivity index (χ0n) is 16.1. The van der Waals surface area contributed by atoms with E-state index in [1.807, 2.05) is 44.0 Å². The molecule has 0 spiro atoms. The van der Waals surface area contributed by atoms with Crippen LogP contribution in [-0.2, 0) is 16.6 Å². The smallest absolute Gasteiger partial charge is 0.226 e. The van der Waals surface area contributed by atoms with Gasteiger partial charge in [-0.2, -0.15) is 4.98 Å². The molecule has 1 aliphatic heterocycles. The number of amides is 1. The molecule has 1 atom stereocenters. The van der Waals surface area contributed by atoms with Crippen LogP contribution in [0.1, 0.15) is 56.9 Å². The first-order chi connectivity index (χ1) is 12.4. The lowest BCUT2D eigenvalue weighted by atomic mass is 9.96. The van der Waals surface area contributed by atoms with E-state index in [1.54, 1.807) is 6.20 Å². The highest BCUT2D eigenvalue weighted by molar-refractivity contribution is 5.85. The van der Waals surface area contributed by atoms with Crippen molar-refractivity contribution in [2.75, 3.05) is 19.6 Å². The maximum atomic E-state index is 12.7. The van der Waals surface area contributed by atoms with Gasteiger partial charge in [0.1, 0.15) is 0 Å². The van der Waals surface area contributed by atoms with Gasteiger partial charge in [0.2, 0.25) is 11.8 Å². The normalized spacial score (nSPS) is 17.4. The quantitative estimate of drug-likeness (QED) is 0.840. The molecule has 2 aromatic heterocycles. The number of halogens is 1. The predicted molar refractivity (Wildman–Crippen MR) is 105 cm³/mol. The minimum atomic E-state index is -0.130. The van der Waals surface area contributed by atoms with Gasteiger partial charge in [-0.15, -0.1) is 12.4 Å². The van der Waals surface area contributed by atoms with Crippen LogP contribution in [0.15, 0.2) is 29.0 Å². The van der Waals surface area contributed by atoms with Crippen LogP contribution < -0.4 is 5.32 Å². The molecule has 1 aliphatic rings. The predicted octanol–water partition coefficient (Wildman–Crippen LogP) is 2.68. The Labute approximate surface area is 166 Å². The highest BCUT2D eigenvalue weighted by atomic mass is 35.5. The molecule has 7 nitrogen and oxygen atoms in total. The Morgan fingerprint density at radius 1 is 1.41 bits per heavy atom. The van der Waals surface area contributed by atoms with Gasteiger partial charge in [0.05, 0.1) is 6.04 Å². The van der Waals surface area contributed by atoms with Gasteiger partial charge in [0, 0.05) is 50.3 Å². The number of pyridine rings is 1. The van der Waals surface area contributed by atoms with Gasteiger partial charge >= 0.3 is 0 Å². The van der Waals surface area contributed by atoms with Crippen molar-refractivity contribution < 1.29 is 9.32 Å². The molecule has 0 saturated carbocycles. The maximum Gasteiger partial charge on any atom is 0.226 e. The van der Waals surface area contributed by atoms with Crippen molar-refractivity contribution in [2.24, 2.45) is 0 Å². The lowest BCUT2D eigenvalue weighted by Crippen LogP contribution is -2.48. The summed E-state index contributed by atoms with van der Waals surface area (Å²) in [6.07, 6.45) is 5.39. The molecule has 1 saturated heterocycles. The number of aromatic nitrogens is 3. The van der Waals surface area contributed by atoms with E-state index in [1.165, 1.54) is 0 Å². The Balaban J connectivity index is 0.00000261. The van der Waals surface area contributed by atoms with E-state index in [-0.39, 0.29) is 29.8 Å². The van der Waals surface area contributed by atoms with Gasteiger partial charge < -0.3 is 14.7 Å². The number of carbonyl (C=O) groups is 1. The van der Waals surface area contributed by atoms with Gasteiger partial charge in [-0.25, -0.2) is 0 Å². The summed E-state index contributed by atoms with van der Waals surface area (Å²) >= 11 is 0. The molecule has 0 aliphatic carbocycles. The SMILES string of the molecule is CC(C)(C)c1noc(CCCC(=O)N2CCNCC2c2cccnc2)n1.Cl. The number of carbonyl (C=O) groups excluding carboxylic acids is 1. The summed E-state index contributed by atoms with van der Waals surface area (Å²) in [6, 6.07) is 3.98. The molecular formula is C19H28ClN5O2. The lowest BCUT2D eigenvalue weighted by molar-refractivity contribution is -0.134. The van der Waals surface area contributed by atoms with Gasteiger partial charge in [-0.3, -0.25) is 9.78 Å². The van der Waals surface area contributed by atoms with Crippen LogP contribution in [0, 0.1) is 0 Å². The number of nitrogens with zero attached hydrogens (tertiary/aromatic N) is 4. The van der Waals surface area contributed by atoms with E-state index in [9.17, 15) is 4.79 Å². The summed E-state index contributed by atoms with van der Waals surface area (Å²) in [7, 11) is 0. The second-order valence-electron chi connectivity index (χ2n) is 7.71. The number of hydrogen-bond donors (Lipinski definition) is 1. The number of rotatable bonds is 5. The molecule has 0 radical (unpaired) electrons. The summed E-state index contributed by atoms with van der Waals surface area (Å²) in [5.74, 6) is 1.47. The van der Waals surface area contributed by atoms with Gasteiger partial charge in [-0.05, 0) is 18.1 Å². The van der Waals surface area contributed by atoms with Crippen molar-refractivity contribution in [2.45, 2.75) is 51.5 Å². The fraction of sp³-hybridized carbons (Fsp3) is 0.579. The first-order valence-electron chi connectivity index (χ1n) is 9.18. The number of hydrogen-bond acceptors (Lipinski definition) is 6. The third-order valence-electron chi connectivity index (χ3n) is 4.55. The van der Waals surface area contributed by atoms with E-state index in [0.29, 0.717) is 37.5 Å². The monoisotopic (exact) mass is 393 g/mol. The van der Waals surface area contributed by atoms with Crippen LogP contribution in [-0.4, -0.2) is 45.6 Å². The third kappa shape index (κ3) is 5.49. The molecular weight excluding hydrogens is 366 g/mol. The summed E-state index contributed by atoms with van der Waals surface area (Å²) in [4.78, 5) is 23.3. The van der Waals surface area contributed by atoms with Crippen LogP contribution in [0.2, 0.25) is 0 Å². The second-order valence-corrected chi connectivity index (χ2v) is 7.71. The molecule has 1 fully saturated rings. The Hall–Kier alpha value is -1.99. The highest BCUT2D eigenvalue weighted by Gasteiger charge is 2.27. The molecule has 1 unspecified atom stereocenters. The molecule has 0 aromatic carbocycles. The highest BCUT2D eigenvalue weighted by Crippen LogP contribution is 2.23. The van der Waals surface area contributed by atoms with E-state index in [4.69, 9.17) is 4.52 Å². The summed E-state index contributed by atoms with van der Waals surface area (Å²) in [5, 5.41) is 7.39. The second kappa shape index (κ2) is 9.28. The zero-order chi connectivity index (χ0) is 18.6. The molecule has 27 heavy (non-hydrogen) atoms. The Bertz CT molecular complexity index is 729. The van der Waals surface area contributed by atoms with Crippen molar-refractivity contribution in [3.8, 4) is 0 Å². The number of piperazine rings is 1. The maximum absolute atomic E-state index is 12.7. The molecule has 2 aromatic rings. The average Bonchev–Trinajstić information content (AvgIpc) is 3.12. The minimum absolute atomic E-state index is 0. The molecule has 0 bridgehead atoms. The van der Waals surface area contributed by atoms with Gasteiger partial charge in [0.25, 0.3) is 0 Å². The van der Waals surface area contributed by atoms with E-state index in [0.717, 1.165) is 18.7 Å². The largest absolute Gasteiger partial charge is 0.339 e. The van der Waals surface area contributed by atoms with Crippen molar-refractivity contribution >= 4 is 18.3 Å². The Morgan fingerprint density at radius 2 is 2.22 bits per heavy atom. The van der Waals surface area contributed by atoms with Gasteiger partial charge in [-0.1, -0.05) is 32.0 Å². The fourth-order valence-electron chi connectivity index (χ4n) is 3.07. The van der Waals surface area contributed by atoms with Crippen LogP contribution in [0.3, 0.4) is 0 Å². The van der Waals surface area contributed by atoms with E-state index >= 15 is 0 Å². The van der Waals surface area contributed by atoms with Crippen molar-refractivity contribution in [1.82, 2.24) is 25.3 Å². The van der Waals surface area contributed by atoms with E-state index in [2.05, 4.69) is 20.4 Å². The number of nitrogens with one attached hydrogen (secondary N) is 1. The molecule has 3 rings (SSSR count). The van der Waals surface area contributed by atoms with Crippen LogP contribution >= 0.6 is 12.4 Å². The summed E-state index contributed by atoms with van der Waals surface area (Å²) in [6.45, 7) is 8.45. The van der Waals surface area contributed by atoms with E-state index < -0.39 is 0 Å². The molecule has 1 N–H and O–H groups in total. The zero-order valence-corrected chi connectivity index (χ0v) is 17.0. The summed E-state index contributed by atoms with van der Waals surface area (Å²) < 4.78 is 5.30. The Kier molecular flexibility index (Phi) is 7.33. The first kappa shape index (κ1) is 21.3. The molecule has 8 heteroatoms. The first-order valence-corrected chi connectivity index (χ1v) is 9.18. The average molecular weight is 394 g/mol. The van der Waals surface area contributed by atoms with Crippen molar-refractivity contribution in [3.05, 3.63) is 41.8 Å². The topological polar surface area (TPSA) is 84.2 Å². The third-order valence-corrected chi connectivity index (χ3v) is 4.55. The molecule has 1 amide bonds. The summed E-state index contributed by atoms with van der Waals surface area (Å²) in [5.41, 5.74) is 0.940. The fourth-order valence-corrected chi connectivity index (χ4v) is 3.07. The van der Waals surface area contributed by atoms with Crippen molar-refractivity contribution in [1.29, 1.82) is 0 Å². The Morgan fingerprint density at radius 3 is 2.89 bits per heavy atom. The standard InChI is InChI=1S/C19H27N5O2.ClH/c1-19(2,3)18-22-16(26-23-18)7-4-8-17(25)24-11-10-21-13-15(24)14-6-5-9-20-12-14;/h5-6,9,12,15,21H,4,7-8,10-11,13H2,1-3H3;1H.